The van der Waals surface area contributed by atoms with Crippen LogP contribution in [0, 0.1) is 26.7 Å². The normalized spacial score (nSPS) is 13.8. The molecular formula is C40H78N4O5W2-2. The van der Waals surface area contributed by atoms with E-state index < -0.39 is 0 Å². The fourth-order valence-corrected chi connectivity index (χ4v) is 3.42. The summed E-state index contributed by atoms with van der Waals surface area (Å²) in [6.07, 6.45) is 11.3. The molecule has 51 heavy (non-hydrogen) atoms. The first kappa shape index (κ1) is 70.9. The van der Waals surface area contributed by atoms with Gasteiger partial charge >= 0.3 is 0 Å². The Bertz CT molecular complexity index is 798. The van der Waals surface area contributed by atoms with Gasteiger partial charge in [-0.15, -0.1) is 13.2 Å². The standard InChI is InChI=1S/C8H12O.C7H9N.C7H8O.C4H9N.C4H8O.C3H9N.C3H8O.CH5N.CH4O.2CH3.2W/c1-9-8-5-6-2-3-7(8)4-6;2*1-8-7-5-3-2-4-6-7;2*1-3-4-5-2;2*1-3-4-2;2*1-2;;;;/h2-3,6-8H,4-5H2,1H3;2-6,8H,1H3;2-6H,1H3;3,5H,1,4H2,2H3;3H,1,4H2,2H3;4H,3H2,1-2H3;3H2,1-2H3;2H2,1H3;2H,1H3;2*1H3;;/q;;;;;;;;;2*-1;;. The van der Waals surface area contributed by atoms with Crippen LogP contribution in [0.3, 0.4) is 0 Å². The molecule has 3 atom stereocenters. The fourth-order valence-electron chi connectivity index (χ4n) is 3.42. The first-order valence-corrected chi connectivity index (χ1v) is 16.0. The van der Waals surface area contributed by atoms with Gasteiger partial charge in [-0.05, 0) is 77.6 Å². The Balaban J connectivity index is -0.0000000572. The van der Waals surface area contributed by atoms with Gasteiger partial charge in [0.1, 0.15) is 5.75 Å². The molecule has 2 bridgehead atoms. The number of hydrogen-bond acceptors (Lipinski definition) is 9. The molecule has 302 valence electrons. The number of para-hydroxylation sites is 2. The summed E-state index contributed by atoms with van der Waals surface area (Å²) in [6.45, 7) is 14.4. The maximum atomic E-state index is 7.00. The summed E-state index contributed by atoms with van der Waals surface area (Å²) in [7, 11) is 15.0. The molecule has 3 unspecified atom stereocenters. The SMILES string of the molecule is C=CCNC.C=CCOC.CCNC.CCOC.CN.CNc1ccccc1.CO.COC1CC2C=CC1C2.COc1ccccc1.[CH3-].[CH3-].[W].[W]. The number of hydrogen-bond donors (Lipinski definition) is 5. The van der Waals surface area contributed by atoms with Gasteiger partial charge in [0.15, 0.2) is 0 Å². The van der Waals surface area contributed by atoms with Crippen molar-refractivity contribution in [1.29, 1.82) is 0 Å². The number of rotatable bonds is 9. The first-order valence-electron chi connectivity index (χ1n) is 16.0. The monoisotopic (exact) mass is 1060 g/mol. The van der Waals surface area contributed by atoms with E-state index in [-0.39, 0.29) is 57.0 Å². The maximum Gasteiger partial charge on any atom is 0.118 e. The van der Waals surface area contributed by atoms with E-state index in [0.29, 0.717) is 12.7 Å². The first-order chi connectivity index (χ1) is 22.9. The molecule has 11 heteroatoms. The summed E-state index contributed by atoms with van der Waals surface area (Å²) in [5.74, 6) is 2.51. The van der Waals surface area contributed by atoms with Crippen molar-refractivity contribution in [3.05, 3.63) is 113 Å². The van der Waals surface area contributed by atoms with Crippen LogP contribution in [0.5, 0.6) is 5.75 Å². The molecule has 0 aliphatic heterocycles. The molecule has 4 rings (SSSR count). The Morgan fingerprint density at radius 1 is 0.765 bits per heavy atom. The van der Waals surface area contributed by atoms with E-state index in [0.717, 1.165) is 50.1 Å². The Labute approximate surface area is 345 Å². The average molecular weight is 1060 g/mol. The van der Waals surface area contributed by atoms with Gasteiger partial charge in [-0.3, -0.25) is 0 Å². The fraction of sp³-hybridized carbons (Fsp3) is 0.500. The average Bonchev–Trinajstić information content (AvgIpc) is 3.80. The minimum atomic E-state index is 0. The van der Waals surface area contributed by atoms with Crippen LogP contribution >= 0.6 is 0 Å². The summed E-state index contributed by atoms with van der Waals surface area (Å²) >= 11 is 0. The molecule has 9 nitrogen and oxygen atoms in total. The van der Waals surface area contributed by atoms with E-state index in [1.807, 2.05) is 102 Å². The Morgan fingerprint density at radius 3 is 1.39 bits per heavy atom. The van der Waals surface area contributed by atoms with Gasteiger partial charge < -0.3 is 60.6 Å². The number of anilines is 1. The molecule has 1 fully saturated rings. The van der Waals surface area contributed by atoms with Crippen molar-refractivity contribution in [3.63, 3.8) is 0 Å². The molecule has 0 heterocycles. The Hall–Kier alpha value is -1.64. The van der Waals surface area contributed by atoms with Crippen LogP contribution in [0.4, 0.5) is 5.69 Å². The largest absolute Gasteiger partial charge is 0.497 e. The van der Waals surface area contributed by atoms with Crippen molar-refractivity contribution < 1.29 is 66.2 Å². The van der Waals surface area contributed by atoms with Crippen LogP contribution < -0.4 is 26.4 Å². The van der Waals surface area contributed by atoms with Crippen LogP contribution in [-0.4, -0.2) is 101 Å². The summed E-state index contributed by atoms with van der Waals surface area (Å²) in [6, 6.07) is 19.7. The van der Waals surface area contributed by atoms with Crippen LogP contribution in [0.15, 0.2) is 98.1 Å². The molecule has 0 spiro atoms. The number of nitrogens with two attached hydrogens (primary N) is 1. The number of benzene rings is 2. The molecule has 2 aromatic carbocycles. The van der Waals surface area contributed by atoms with E-state index in [9.17, 15) is 0 Å². The molecule has 1 saturated carbocycles. The number of aliphatic hydroxyl groups excluding tert-OH is 1. The van der Waals surface area contributed by atoms with Crippen molar-refractivity contribution >= 4 is 5.69 Å². The van der Waals surface area contributed by atoms with Crippen molar-refractivity contribution in [1.82, 2.24) is 10.6 Å². The molecule has 2 aromatic rings. The van der Waals surface area contributed by atoms with Crippen LogP contribution in [0.25, 0.3) is 0 Å². The Kier molecular flexibility index (Phi) is 92.5. The third kappa shape index (κ3) is 55.3. The smallest absolute Gasteiger partial charge is 0.118 e. The molecule has 0 amide bonds. The zero-order valence-electron chi connectivity index (χ0n) is 34.4. The maximum absolute atomic E-state index is 7.00. The van der Waals surface area contributed by atoms with Crippen LogP contribution in [0.2, 0.25) is 0 Å². The van der Waals surface area contributed by atoms with Gasteiger partial charge in [-0.2, -0.15) is 0 Å². The van der Waals surface area contributed by atoms with Crippen LogP contribution in [-0.2, 0) is 56.3 Å². The molecule has 0 saturated heterocycles. The second kappa shape index (κ2) is 66.6. The number of allylic oxidation sites excluding steroid dienone is 1. The number of ether oxygens (including phenoxy) is 4. The van der Waals surface area contributed by atoms with Gasteiger partial charge in [0.25, 0.3) is 0 Å². The molecular weight excluding hydrogens is 984 g/mol. The number of likely N-dealkylation sites (N-methyl/N-ethyl adjacent to an activating group) is 1. The predicted molar refractivity (Wildman–Crippen MR) is 220 cm³/mol. The van der Waals surface area contributed by atoms with Gasteiger partial charge in [0, 0.05) is 102 Å². The number of fused-ring (bicyclic) bond motifs is 2. The van der Waals surface area contributed by atoms with E-state index in [1.54, 1.807) is 27.4 Å². The topological polar surface area (TPSA) is 119 Å². The summed E-state index contributed by atoms with van der Waals surface area (Å²) in [5, 5.41) is 15.9. The number of nitrogens with one attached hydrogen (secondary N) is 3. The van der Waals surface area contributed by atoms with E-state index in [2.05, 4.69) is 63.4 Å². The second-order valence-corrected chi connectivity index (χ2v) is 9.06. The molecule has 6 N–H and O–H groups in total. The van der Waals surface area contributed by atoms with Crippen LogP contribution in [0.1, 0.15) is 26.7 Å². The molecule has 0 radical (unpaired) electrons. The summed E-state index contributed by atoms with van der Waals surface area (Å²) in [5.41, 5.74) is 5.66. The second-order valence-electron chi connectivity index (χ2n) is 9.06. The zero-order chi connectivity index (χ0) is 37.0. The van der Waals surface area contributed by atoms with Gasteiger partial charge in [-0.25, -0.2) is 0 Å². The van der Waals surface area contributed by atoms with Crippen molar-refractivity contribution in [2.75, 3.05) is 95.4 Å². The zero-order valence-corrected chi connectivity index (χ0v) is 40.3. The summed E-state index contributed by atoms with van der Waals surface area (Å²) in [4.78, 5) is 0. The third-order valence-corrected chi connectivity index (χ3v) is 5.84. The minimum absolute atomic E-state index is 0. The summed E-state index contributed by atoms with van der Waals surface area (Å²) < 4.78 is 19.3. The van der Waals surface area contributed by atoms with Gasteiger partial charge in [-0.1, -0.05) is 67.6 Å². The van der Waals surface area contributed by atoms with Gasteiger partial charge in [0.2, 0.25) is 0 Å². The predicted octanol–water partition coefficient (Wildman–Crippen LogP) is 7.19. The van der Waals surface area contributed by atoms with Crippen molar-refractivity contribution in [3.8, 4) is 5.75 Å². The van der Waals surface area contributed by atoms with Crippen molar-refractivity contribution in [2.24, 2.45) is 17.6 Å². The van der Waals surface area contributed by atoms with E-state index >= 15 is 0 Å². The molecule has 0 aromatic heterocycles. The quantitative estimate of drug-likeness (QED) is 0.132. The molecule has 2 aliphatic rings. The van der Waals surface area contributed by atoms with Crippen molar-refractivity contribution in [2.45, 2.75) is 32.8 Å². The number of methoxy groups -OCH3 is 4. The van der Waals surface area contributed by atoms with E-state index in [1.165, 1.54) is 19.9 Å². The van der Waals surface area contributed by atoms with E-state index in [4.69, 9.17) is 14.6 Å². The Morgan fingerprint density at radius 2 is 1.24 bits per heavy atom. The number of aliphatic hydroxyl groups is 1. The van der Waals surface area contributed by atoms with Gasteiger partial charge in [0.05, 0.1) is 19.8 Å². The third-order valence-electron chi connectivity index (χ3n) is 5.84. The molecule has 2 aliphatic carbocycles. The minimum Gasteiger partial charge on any atom is -0.497 e.